The van der Waals surface area contributed by atoms with Crippen molar-refractivity contribution in [2.24, 2.45) is 0 Å². The Balaban J connectivity index is 1.79. The number of nitrogens with one attached hydrogen (secondary N) is 1. The van der Waals surface area contributed by atoms with Crippen molar-refractivity contribution in [3.63, 3.8) is 0 Å². The van der Waals surface area contributed by atoms with Crippen LogP contribution in [-0.4, -0.2) is 35.1 Å². The molecule has 0 spiro atoms. The molecular formula is C20H22N4O3S. The molecule has 0 unspecified atom stereocenters. The molecular weight excluding hydrogens is 376 g/mol. The van der Waals surface area contributed by atoms with Crippen LogP contribution in [0.1, 0.15) is 28.4 Å². The lowest BCUT2D eigenvalue weighted by Crippen LogP contribution is -2.31. The fourth-order valence-electron chi connectivity index (χ4n) is 2.89. The van der Waals surface area contributed by atoms with E-state index in [4.69, 9.17) is 9.47 Å². The largest absolute Gasteiger partial charge is 0.481 e. The molecule has 0 saturated heterocycles. The maximum atomic E-state index is 12.8. The van der Waals surface area contributed by atoms with E-state index in [0.717, 1.165) is 5.56 Å². The van der Waals surface area contributed by atoms with Crippen molar-refractivity contribution in [1.82, 2.24) is 20.3 Å². The highest BCUT2D eigenvalue weighted by Gasteiger charge is 2.20. The molecule has 7 nitrogen and oxygen atoms in total. The number of thiophene rings is 1. The minimum Gasteiger partial charge on any atom is -0.481 e. The van der Waals surface area contributed by atoms with Crippen LogP contribution in [-0.2, 0) is 17.6 Å². The number of methoxy groups -OCH3 is 2. The predicted molar refractivity (Wildman–Crippen MR) is 107 cm³/mol. The summed E-state index contributed by atoms with van der Waals surface area (Å²) in [5.41, 5.74) is 3.41. The smallest absolute Gasteiger partial charge is 0.319 e. The van der Waals surface area contributed by atoms with Gasteiger partial charge in [-0.2, -0.15) is 16.3 Å². The number of hydrogen-bond acceptors (Lipinski definition) is 7. The van der Waals surface area contributed by atoms with E-state index < -0.39 is 0 Å². The molecule has 0 aliphatic rings. The number of hydrogen-bond donors (Lipinski definition) is 1. The van der Waals surface area contributed by atoms with Crippen LogP contribution in [0.15, 0.2) is 41.4 Å². The highest BCUT2D eigenvalue weighted by atomic mass is 32.1. The molecule has 0 aliphatic heterocycles. The van der Waals surface area contributed by atoms with Gasteiger partial charge >= 0.3 is 6.01 Å². The van der Waals surface area contributed by atoms with E-state index in [1.165, 1.54) is 19.8 Å². The summed E-state index contributed by atoms with van der Waals surface area (Å²) in [5, 5.41) is 7.22. The number of aryl methyl sites for hydroxylation is 1. The number of nitrogens with zero attached hydrogens (tertiary/aromatic N) is 3. The highest BCUT2D eigenvalue weighted by Crippen LogP contribution is 2.23. The molecule has 0 aromatic carbocycles. The molecule has 0 radical (unpaired) electrons. The van der Waals surface area contributed by atoms with Crippen molar-refractivity contribution < 1.29 is 14.3 Å². The average Bonchev–Trinajstić information content (AvgIpc) is 3.22. The maximum Gasteiger partial charge on any atom is 0.319 e. The van der Waals surface area contributed by atoms with Gasteiger partial charge in [0.15, 0.2) is 0 Å². The van der Waals surface area contributed by atoms with E-state index in [0.29, 0.717) is 23.6 Å². The summed E-state index contributed by atoms with van der Waals surface area (Å²) in [6.45, 7) is 1.80. The number of pyridine rings is 1. The second-order valence-corrected chi connectivity index (χ2v) is 6.98. The predicted octanol–water partition coefficient (Wildman–Crippen LogP) is 2.90. The normalized spacial score (nSPS) is 11.7. The van der Waals surface area contributed by atoms with E-state index in [9.17, 15) is 4.79 Å². The molecule has 1 N–H and O–H groups in total. The Kier molecular flexibility index (Phi) is 6.54. The Morgan fingerprint density at radius 2 is 2.11 bits per heavy atom. The topological polar surface area (TPSA) is 86.2 Å². The molecule has 1 atom stereocenters. The van der Waals surface area contributed by atoms with E-state index in [-0.39, 0.29) is 24.4 Å². The molecule has 28 heavy (non-hydrogen) atoms. The highest BCUT2D eigenvalue weighted by molar-refractivity contribution is 7.07. The Morgan fingerprint density at radius 1 is 1.25 bits per heavy atom. The van der Waals surface area contributed by atoms with Gasteiger partial charge in [0.1, 0.15) is 0 Å². The van der Waals surface area contributed by atoms with Crippen LogP contribution < -0.4 is 14.8 Å². The van der Waals surface area contributed by atoms with Crippen LogP contribution >= 0.6 is 11.3 Å². The van der Waals surface area contributed by atoms with Crippen molar-refractivity contribution in [2.75, 3.05) is 14.2 Å². The van der Waals surface area contributed by atoms with Gasteiger partial charge in [0.05, 0.1) is 32.4 Å². The zero-order valence-corrected chi connectivity index (χ0v) is 16.8. The number of aromatic nitrogens is 3. The second-order valence-electron chi connectivity index (χ2n) is 6.20. The average molecular weight is 398 g/mol. The number of ether oxygens (including phenoxy) is 2. The van der Waals surface area contributed by atoms with Crippen LogP contribution in [0.25, 0.3) is 0 Å². The fourth-order valence-corrected chi connectivity index (χ4v) is 3.57. The lowest BCUT2D eigenvalue weighted by Gasteiger charge is -2.19. The van der Waals surface area contributed by atoms with E-state index in [1.807, 2.05) is 17.5 Å². The van der Waals surface area contributed by atoms with Gasteiger partial charge in [0.2, 0.25) is 11.8 Å². The first-order chi connectivity index (χ1) is 13.6. The molecule has 146 valence electrons. The first-order valence-electron chi connectivity index (χ1n) is 8.76. The summed E-state index contributed by atoms with van der Waals surface area (Å²) in [6, 6.07) is 5.93. The zero-order chi connectivity index (χ0) is 19.9. The van der Waals surface area contributed by atoms with E-state index in [1.54, 1.807) is 30.7 Å². The monoisotopic (exact) mass is 398 g/mol. The molecule has 3 aromatic rings. The first-order valence-corrected chi connectivity index (χ1v) is 9.70. The molecule has 3 heterocycles. The SMILES string of the molecule is COc1nc(C)c(CC(=O)N[C@@H](Cc2ccsc2)c2cccnc2)c(OC)n1. The van der Waals surface area contributed by atoms with Crippen molar-refractivity contribution in [2.45, 2.75) is 25.8 Å². The quantitative estimate of drug-likeness (QED) is 0.628. The summed E-state index contributed by atoms with van der Waals surface area (Å²) >= 11 is 1.64. The minimum atomic E-state index is -0.179. The molecule has 8 heteroatoms. The molecule has 3 aromatic heterocycles. The van der Waals surface area contributed by atoms with Gasteiger partial charge in [0.25, 0.3) is 0 Å². The summed E-state index contributed by atoms with van der Waals surface area (Å²) in [5.74, 6) is 0.203. The van der Waals surface area contributed by atoms with Gasteiger partial charge in [-0.3, -0.25) is 9.78 Å². The zero-order valence-electron chi connectivity index (χ0n) is 16.0. The van der Waals surface area contributed by atoms with Crippen LogP contribution in [0, 0.1) is 6.92 Å². The van der Waals surface area contributed by atoms with Crippen molar-refractivity contribution in [3.05, 3.63) is 63.7 Å². The first kappa shape index (κ1) is 19.8. The third kappa shape index (κ3) is 4.83. The summed E-state index contributed by atoms with van der Waals surface area (Å²) in [7, 11) is 3.00. The van der Waals surface area contributed by atoms with Gasteiger partial charge < -0.3 is 14.8 Å². The third-order valence-corrected chi connectivity index (χ3v) is 5.04. The van der Waals surface area contributed by atoms with E-state index in [2.05, 4.69) is 31.7 Å². The molecule has 0 saturated carbocycles. The Morgan fingerprint density at radius 3 is 2.75 bits per heavy atom. The Hall–Kier alpha value is -3.00. The van der Waals surface area contributed by atoms with Crippen LogP contribution in [0.3, 0.4) is 0 Å². The van der Waals surface area contributed by atoms with Gasteiger partial charge in [-0.25, -0.2) is 4.98 Å². The second kappa shape index (κ2) is 9.27. The van der Waals surface area contributed by atoms with Crippen LogP contribution in [0.2, 0.25) is 0 Å². The van der Waals surface area contributed by atoms with Crippen LogP contribution in [0.4, 0.5) is 0 Å². The number of carbonyl (C=O) groups is 1. The maximum absolute atomic E-state index is 12.8. The Bertz CT molecular complexity index is 917. The Labute approximate surface area is 167 Å². The standard InChI is InChI=1S/C20H22N4O3S/c1-13-16(19(26-2)24-20(22-13)27-3)10-18(25)23-17(9-14-6-8-28-12-14)15-5-4-7-21-11-15/h4-8,11-12,17H,9-10H2,1-3H3,(H,23,25)/t17-/m0/s1. The van der Waals surface area contributed by atoms with Crippen molar-refractivity contribution in [1.29, 1.82) is 0 Å². The molecule has 0 bridgehead atoms. The van der Waals surface area contributed by atoms with Gasteiger partial charge in [-0.15, -0.1) is 0 Å². The summed E-state index contributed by atoms with van der Waals surface area (Å²) in [6.07, 6.45) is 4.30. The van der Waals surface area contributed by atoms with Gasteiger partial charge in [-0.1, -0.05) is 6.07 Å². The van der Waals surface area contributed by atoms with Crippen LogP contribution in [0.5, 0.6) is 11.9 Å². The van der Waals surface area contributed by atoms with Crippen molar-refractivity contribution >= 4 is 17.2 Å². The molecule has 3 rings (SSSR count). The van der Waals surface area contributed by atoms with E-state index >= 15 is 0 Å². The molecule has 1 amide bonds. The molecule has 0 aliphatic carbocycles. The van der Waals surface area contributed by atoms with Crippen molar-refractivity contribution in [3.8, 4) is 11.9 Å². The number of amides is 1. The van der Waals surface area contributed by atoms with Gasteiger partial charge in [0, 0.05) is 18.0 Å². The number of rotatable bonds is 8. The lowest BCUT2D eigenvalue weighted by atomic mass is 10.0. The summed E-state index contributed by atoms with van der Waals surface area (Å²) in [4.78, 5) is 25.4. The third-order valence-electron chi connectivity index (χ3n) is 4.31. The fraction of sp³-hybridized carbons (Fsp3) is 0.300. The minimum absolute atomic E-state index is 0.111. The number of carbonyl (C=O) groups excluding carboxylic acids is 1. The lowest BCUT2D eigenvalue weighted by molar-refractivity contribution is -0.121. The molecule has 0 fully saturated rings. The summed E-state index contributed by atoms with van der Waals surface area (Å²) < 4.78 is 10.4. The van der Waals surface area contributed by atoms with Gasteiger partial charge in [-0.05, 0) is 47.4 Å².